The number of ether oxygens (including phenoxy) is 1. The maximum absolute atomic E-state index is 12.7. The van der Waals surface area contributed by atoms with Crippen molar-refractivity contribution in [3.63, 3.8) is 0 Å². The van der Waals surface area contributed by atoms with Crippen molar-refractivity contribution in [2.45, 2.75) is 32.7 Å². The normalized spacial score (nSPS) is 11.2. The van der Waals surface area contributed by atoms with Crippen LogP contribution in [0.1, 0.15) is 31.9 Å². The number of carbonyl (C=O) groups is 1. The lowest BCUT2D eigenvalue weighted by atomic mass is 9.87. The van der Waals surface area contributed by atoms with Crippen LogP contribution in [-0.4, -0.2) is 29.1 Å². The number of hydrogen-bond donors (Lipinski definition) is 2. The number of nitrogen functional groups attached to an aromatic ring is 1. The lowest BCUT2D eigenvalue weighted by Gasteiger charge is -2.21. The van der Waals surface area contributed by atoms with E-state index in [2.05, 4.69) is 25.8 Å². The SMILES string of the molecule is CN(C(=O)COc1ccc(C(C)(C)C)cc1)c1c(N)n(Cc2ccccc2)c(=O)[nH]c1=O. The second kappa shape index (κ2) is 9.13. The Labute approximate surface area is 186 Å². The summed E-state index contributed by atoms with van der Waals surface area (Å²) in [5, 5.41) is 0. The van der Waals surface area contributed by atoms with Gasteiger partial charge in [0.25, 0.3) is 11.5 Å². The molecule has 1 amide bonds. The summed E-state index contributed by atoms with van der Waals surface area (Å²) >= 11 is 0. The van der Waals surface area contributed by atoms with Gasteiger partial charge in [0.1, 0.15) is 11.6 Å². The van der Waals surface area contributed by atoms with E-state index in [1.165, 1.54) is 11.6 Å². The van der Waals surface area contributed by atoms with Crippen molar-refractivity contribution in [3.8, 4) is 5.75 Å². The Morgan fingerprint density at radius 1 is 1.06 bits per heavy atom. The van der Waals surface area contributed by atoms with Gasteiger partial charge in [-0.05, 0) is 28.7 Å². The molecule has 1 aromatic heterocycles. The molecule has 0 fully saturated rings. The largest absolute Gasteiger partial charge is 0.484 e. The van der Waals surface area contributed by atoms with Crippen LogP contribution in [0.15, 0.2) is 64.2 Å². The van der Waals surface area contributed by atoms with Crippen LogP contribution in [0.3, 0.4) is 0 Å². The predicted molar refractivity (Wildman–Crippen MR) is 125 cm³/mol. The predicted octanol–water partition coefficient (Wildman–Crippen LogP) is 2.51. The van der Waals surface area contributed by atoms with Crippen LogP contribution in [0.2, 0.25) is 0 Å². The molecule has 3 aromatic rings. The number of aromatic amines is 1. The van der Waals surface area contributed by atoms with Gasteiger partial charge in [-0.3, -0.25) is 19.1 Å². The summed E-state index contributed by atoms with van der Waals surface area (Å²) in [6.45, 7) is 6.21. The van der Waals surface area contributed by atoms with Crippen molar-refractivity contribution in [1.29, 1.82) is 0 Å². The second-order valence-corrected chi connectivity index (χ2v) is 8.58. The lowest BCUT2D eigenvalue weighted by molar-refractivity contribution is -0.120. The molecule has 2 aromatic carbocycles. The van der Waals surface area contributed by atoms with Gasteiger partial charge in [-0.15, -0.1) is 0 Å². The van der Waals surface area contributed by atoms with E-state index in [1.54, 1.807) is 12.1 Å². The molecular weight excluding hydrogens is 408 g/mol. The highest BCUT2D eigenvalue weighted by molar-refractivity contribution is 5.96. The van der Waals surface area contributed by atoms with E-state index in [4.69, 9.17) is 10.5 Å². The first-order chi connectivity index (χ1) is 15.1. The number of nitrogens with zero attached hydrogens (tertiary/aromatic N) is 2. The molecule has 3 rings (SSSR count). The molecule has 0 bridgehead atoms. The molecule has 0 saturated heterocycles. The van der Waals surface area contributed by atoms with Gasteiger partial charge >= 0.3 is 5.69 Å². The Balaban J connectivity index is 1.78. The maximum Gasteiger partial charge on any atom is 0.330 e. The number of nitrogens with two attached hydrogens (primary N) is 1. The lowest BCUT2D eigenvalue weighted by Crippen LogP contribution is -2.41. The van der Waals surface area contributed by atoms with Crippen molar-refractivity contribution >= 4 is 17.4 Å². The number of nitrogens with one attached hydrogen (secondary N) is 1. The van der Waals surface area contributed by atoms with E-state index < -0.39 is 17.2 Å². The molecule has 168 valence electrons. The van der Waals surface area contributed by atoms with Crippen molar-refractivity contribution in [3.05, 3.63) is 86.6 Å². The quantitative estimate of drug-likeness (QED) is 0.617. The highest BCUT2D eigenvalue weighted by atomic mass is 16.5. The molecular formula is C24H28N4O4. The summed E-state index contributed by atoms with van der Waals surface area (Å²) in [7, 11) is 1.42. The first-order valence-corrected chi connectivity index (χ1v) is 10.2. The Bertz CT molecular complexity index is 1210. The second-order valence-electron chi connectivity index (χ2n) is 8.58. The van der Waals surface area contributed by atoms with Crippen LogP contribution < -0.4 is 26.6 Å². The third kappa shape index (κ3) is 5.08. The van der Waals surface area contributed by atoms with Crippen molar-refractivity contribution in [1.82, 2.24) is 9.55 Å². The molecule has 32 heavy (non-hydrogen) atoms. The molecule has 8 heteroatoms. The Morgan fingerprint density at radius 3 is 2.28 bits per heavy atom. The fraction of sp³-hybridized carbons (Fsp3) is 0.292. The molecule has 0 saturated carbocycles. The number of carbonyl (C=O) groups excluding carboxylic acids is 1. The van der Waals surface area contributed by atoms with Crippen LogP contribution >= 0.6 is 0 Å². The van der Waals surface area contributed by atoms with Crippen LogP contribution in [0.4, 0.5) is 11.5 Å². The minimum atomic E-state index is -0.734. The van der Waals surface area contributed by atoms with Gasteiger partial charge < -0.3 is 15.4 Å². The molecule has 0 unspecified atom stereocenters. The number of rotatable bonds is 6. The minimum Gasteiger partial charge on any atom is -0.484 e. The zero-order valence-electron chi connectivity index (χ0n) is 18.7. The number of anilines is 2. The Morgan fingerprint density at radius 2 is 1.69 bits per heavy atom. The van der Waals surface area contributed by atoms with Gasteiger partial charge in [0.15, 0.2) is 12.3 Å². The number of hydrogen-bond acceptors (Lipinski definition) is 5. The van der Waals surface area contributed by atoms with Crippen LogP contribution in [0.25, 0.3) is 0 Å². The van der Waals surface area contributed by atoms with E-state index in [0.717, 1.165) is 16.0 Å². The summed E-state index contributed by atoms with van der Waals surface area (Å²) in [5.41, 5.74) is 6.65. The van der Waals surface area contributed by atoms with E-state index in [0.29, 0.717) is 5.75 Å². The standard InChI is InChI=1S/C24H28N4O4/c1-24(2,3)17-10-12-18(13-11-17)32-15-19(29)27(4)20-21(25)28(23(31)26-22(20)30)14-16-8-6-5-7-9-16/h5-13H,14-15,25H2,1-4H3,(H,26,30,31). The number of benzene rings is 2. The number of H-pyrrole nitrogens is 1. The molecule has 0 radical (unpaired) electrons. The van der Waals surface area contributed by atoms with E-state index in [1.807, 2.05) is 42.5 Å². The van der Waals surface area contributed by atoms with Crippen molar-refractivity contribution in [2.75, 3.05) is 24.3 Å². The topological polar surface area (TPSA) is 110 Å². The monoisotopic (exact) mass is 436 g/mol. The first-order valence-electron chi connectivity index (χ1n) is 10.2. The van der Waals surface area contributed by atoms with Gasteiger partial charge in [0, 0.05) is 7.05 Å². The van der Waals surface area contributed by atoms with Gasteiger partial charge in [0.2, 0.25) is 0 Å². The molecule has 8 nitrogen and oxygen atoms in total. The van der Waals surface area contributed by atoms with Gasteiger partial charge in [-0.25, -0.2) is 4.79 Å². The summed E-state index contributed by atoms with van der Waals surface area (Å²) < 4.78 is 6.82. The van der Waals surface area contributed by atoms with Crippen LogP contribution in [-0.2, 0) is 16.8 Å². The van der Waals surface area contributed by atoms with E-state index in [-0.39, 0.29) is 30.1 Å². The summed E-state index contributed by atoms with van der Waals surface area (Å²) in [6.07, 6.45) is 0. The molecule has 0 spiro atoms. The van der Waals surface area contributed by atoms with E-state index >= 15 is 0 Å². The summed E-state index contributed by atoms with van der Waals surface area (Å²) in [5.74, 6) is -0.0318. The fourth-order valence-corrected chi connectivity index (χ4v) is 3.24. The molecule has 0 aliphatic rings. The molecule has 1 heterocycles. The van der Waals surface area contributed by atoms with E-state index in [9.17, 15) is 14.4 Å². The zero-order chi connectivity index (χ0) is 23.5. The number of likely N-dealkylation sites (N-methyl/N-ethyl adjacent to an activating group) is 1. The third-order valence-electron chi connectivity index (χ3n) is 5.19. The van der Waals surface area contributed by atoms with Gasteiger partial charge in [-0.1, -0.05) is 63.2 Å². The summed E-state index contributed by atoms with van der Waals surface area (Å²) in [4.78, 5) is 40.8. The summed E-state index contributed by atoms with van der Waals surface area (Å²) in [6, 6.07) is 16.7. The average Bonchev–Trinajstić information content (AvgIpc) is 2.75. The van der Waals surface area contributed by atoms with Crippen molar-refractivity contribution < 1.29 is 9.53 Å². The highest BCUT2D eigenvalue weighted by Crippen LogP contribution is 2.24. The van der Waals surface area contributed by atoms with Gasteiger partial charge in [-0.2, -0.15) is 0 Å². The van der Waals surface area contributed by atoms with Crippen LogP contribution in [0, 0.1) is 0 Å². The molecule has 3 N–H and O–H groups in total. The number of amides is 1. The number of aromatic nitrogens is 2. The van der Waals surface area contributed by atoms with Gasteiger partial charge in [0.05, 0.1) is 6.54 Å². The maximum atomic E-state index is 12.7. The highest BCUT2D eigenvalue weighted by Gasteiger charge is 2.21. The fourth-order valence-electron chi connectivity index (χ4n) is 3.24. The Hall–Kier alpha value is -3.81. The Kier molecular flexibility index (Phi) is 6.53. The van der Waals surface area contributed by atoms with Crippen molar-refractivity contribution in [2.24, 2.45) is 0 Å². The van der Waals surface area contributed by atoms with Crippen LogP contribution in [0.5, 0.6) is 5.75 Å². The smallest absolute Gasteiger partial charge is 0.330 e. The minimum absolute atomic E-state index is 0.00989. The molecule has 0 aliphatic heterocycles. The first kappa shape index (κ1) is 22.9. The molecule has 0 atom stereocenters. The average molecular weight is 437 g/mol. The zero-order valence-corrected chi connectivity index (χ0v) is 18.7. The third-order valence-corrected chi connectivity index (χ3v) is 5.19. The molecule has 0 aliphatic carbocycles.